The van der Waals surface area contributed by atoms with E-state index in [9.17, 15) is 14.0 Å². The summed E-state index contributed by atoms with van der Waals surface area (Å²) in [6, 6.07) is 12.4. The second kappa shape index (κ2) is 13.2. The summed E-state index contributed by atoms with van der Waals surface area (Å²) < 4.78 is 30.9. The van der Waals surface area contributed by atoms with Gasteiger partial charge in [-0.1, -0.05) is 11.2 Å². The van der Waals surface area contributed by atoms with Crippen LogP contribution in [0.4, 0.5) is 4.39 Å². The van der Waals surface area contributed by atoms with Crippen molar-refractivity contribution in [2.75, 3.05) is 39.3 Å². The van der Waals surface area contributed by atoms with Gasteiger partial charge < -0.3 is 28.8 Å². The number of hydrogen-bond donors (Lipinski definition) is 1. The molecule has 4 aromatic rings. The standard InChI is InChI=1S/C29H31FN6O5/c1-20(32-27(37)25-8-4-17-40-25)29(38)36-14-5-12-35(15-16-36)13-6-18-39-21-9-10-22(23(30)19-21)26-33-28(41-34-26)24-7-2-3-11-31-24/h2-4,7-11,17,19-20H,5-6,12-16,18H2,1H3,(H,32,37)/t20-/m0/s1. The van der Waals surface area contributed by atoms with Gasteiger partial charge in [0.25, 0.3) is 11.8 Å². The monoisotopic (exact) mass is 562 g/mol. The highest BCUT2D eigenvalue weighted by Crippen LogP contribution is 2.26. The van der Waals surface area contributed by atoms with E-state index in [1.165, 1.54) is 12.3 Å². The Balaban J connectivity index is 1.05. The molecule has 4 heterocycles. The number of rotatable bonds is 10. The van der Waals surface area contributed by atoms with Gasteiger partial charge in [0.15, 0.2) is 5.76 Å². The largest absolute Gasteiger partial charge is 0.493 e. The third-order valence-corrected chi connectivity index (χ3v) is 6.74. The van der Waals surface area contributed by atoms with E-state index in [-0.39, 0.29) is 28.9 Å². The van der Waals surface area contributed by atoms with Crippen LogP contribution >= 0.6 is 0 Å². The average Bonchev–Trinajstić information content (AvgIpc) is 3.65. The van der Waals surface area contributed by atoms with Gasteiger partial charge in [-0.2, -0.15) is 4.98 Å². The minimum Gasteiger partial charge on any atom is -0.493 e. The highest BCUT2D eigenvalue weighted by atomic mass is 19.1. The van der Waals surface area contributed by atoms with Crippen molar-refractivity contribution in [1.82, 2.24) is 30.2 Å². The van der Waals surface area contributed by atoms with Crippen LogP contribution in [0, 0.1) is 5.82 Å². The highest BCUT2D eigenvalue weighted by molar-refractivity contribution is 5.95. The molecule has 41 heavy (non-hydrogen) atoms. The highest BCUT2D eigenvalue weighted by Gasteiger charge is 2.25. The predicted octanol–water partition coefficient (Wildman–Crippen LogP) is 3.65. The number of aromatic nitrogens is 3. The van der Waals surface area contributed by atoms with Gasteiger partial charge in [-0.05, 0) is 62.7 Å². The minimum absolute atomic E-state index is 0.116. The second-order valence-electron chi connectivity index (χ2n) is 9.67. The predicted molar refractivity (Wildman–Crippen MR) is 146 cm³/mol. The average molecular weight is 563 g/mol. The summed E-state index contributed by atoms with van der Waals surface area (Å²) in [5, 5.41) is 6.58. The topological polar surface area (TPSA) is 127 Å². The fraction of sp³-hybridized carbons (Fsp3) is 0.345. The summed E-state index contributed by atoms with van der Waals surface area (Å²) >= 11 is 0. The number of amides is 2. The molecule has 0 bridgehead atoms. The number of carbonyl (C=O) groups excluding carboxylic acids is 2. The van der Waals surface area contributed by atoms with Crippen LogP contribution in [0.3, 0.4) is 0 Å². The first-order valence-corrected chi connectivity index (χ1v) is 13.5. The van der Waals surface area contributed by atoms with Crippen LogP contribution in [-0.2, 0) is 4.79 Å². The van der Waals surface area contributed by atoms with Crippen molar-refractivity contribution in [2.24, 2.45) is 0 Å². The van der Waals surface area contributed by atoms with Gasteiger partial charge in [-0.3, -0.25) is 14.6 Å². The number of benzene rings is 1. The first-order valence-electron chi connectivity index (χ1n) is 13.5. The Hall–Kier alpha value is -4.58. The van der Waals surface area contributed by atoms with Crippen LogP contribution in [0.5, 0.6) is 5.75 Å². The number of pyridine rings is 1. The number of nitrogens with zero attached hydrogens (tertiary/aromatic N) is 5. The molecule has 1 aliphatic rings. The lowest BCUT2D eigenvalue weighted by Gasteiger charge is -2.25. The van der Waals surface area contributed by atoms with E-state index in [1.54, 1.807) is 60.5 Å². The number of ether oxygens (including phenoxy) is 1. The Morgan fingerprint density at radius 1 is 1.12 bits per heavy atom. The van der Waals surface area contributed by atoms with Crippen LogP contribution < -0.4 is 10.1 Å². The van der Waals surface area contributed by atoms with Gasteiger partial charge in [0.1, 0.15) is 23.3 Å². The van der Waals surface area contributed by atoms with Crippen molar-refractivity contribution in [1.29, 1.82) is 0 Å². The Bertz CT molecular complexity index is 1450. The van der Waals surface area contributed by atoms with Crippen molar-refractivity contribution in [2.45, 2.75) is 25.8 Å². The number of furan rings is 1. The molecule has 0 saturated carbocycles. The van der Waals surface area contributed by atoms with E-state index < -0.39 is 17.8 Å². The molecule has 12 heteroatoms. The zero-order valence-corrected chi connectivity index (χ0v) is 22.7. The molecular formula is C29H31FN6O5. The van der Waals surface area contributed by atoms with Crippen LogP contribution in [0.1, 0.15) is 30.3 Å². The lowest BCUT2D eigenvalue weighted by molar-refractivity contribution is -0.132. The SMILES string of the molecule is C[C@H](NC(=O)c1ccco1)C(=O)N1CCCN(CCCOc2ccc(-c3noc(-c4ccccn4)n3)c(F)c2)CC1. The molecular weight excluding hydrogens is 531 g/mol. The molecule has 1 saturated heterocycles. The van der Waals surface area contributed by atoms with Crippen LogP contribution in [0.2, 0.25) is 0 Å². The number of carbonyl (C=O) groups is 2. The molecule has 1 aliphatic heterocycles. The fourth-order valence-electron chi connectivity index (χ4n) is 4.60. The smallest absolute Gasteiger partial charge is 0.287 e. The van der Waals surface area contributed by atoms with Crippen molar-refractivity contribution in [3.8, 4) is 28.7 Å². The van der Waals surface area contributed by atoms with Crippen LogP contribution in [0.25, 0.3) is 23.0 Å². The molecule has 1 atom stereocenters. The summed E-state index contributed by atoms with van der Waals surface area (Å²) in [4.78, 5) is 37.6. The van der Waals surface area contributed by atoms with Gasteiger partial charge in [0, 0.05) is 38.4 Å². The molecule has 2 amide bonds. The first-order chi connectivity index (χ1) is 20.0. The molecule has 0 aliphatic carbocycles. The van der Waals surface area contributed by atoms with Gasteiger partial charge in [0.2, 0.25) is 11.7 Å². The van der Waals surface area contributed by atoms with Crippen molar-refractivity contribution in [3.05, 3.63) is 72.6 Å². The lowest BCUT2D eigenvalue weighted by atomic mass is 10.2. The van der Waals surface area contributed by atoms with Crippen LogP contribution in [0.15, 0.2) is 69.9 Å². The van der Waals surface area contributed by atoms with E-state index in [1.807, 2.05) is 0 Å². The summed E-state index contributed by atoms with van der Waals surface area (Å²) in [6.07, 6.45) is 4.60. The molecule has 5 rings (SSSR count). The van der Waals surface area contributed by atoms with Crippen LogP contribution in [-0.4, -0.2) is 82.1 Å². The minimum atomic E-state index is -0.651. The summed E-state index contributed by atoms with van der Waals surface area (Å²) in [7, 11) is 0. The fourth-order valence-corrected chi connectivity index (χ4v) is 4.60. The third-order valence-electron chi connectivity index (χ3n) is 6.74. The Morgan fingerprint density at radius 3 is 2.80 bits per heavy atom. The summed E-state index contributed by atoms with van der Waals surface area (Å²) in [5.74, 6) is -0.0958. The molecule has 11 nitrogen and oxygen atoms in total. The maximum absolute atomic E-state index is 14.8. The first kappa shape index (κ1) is 28.0. The Morgan fingerprint density at radius 2 is 2.02 bits per heavy atom. The maximum atomic E-state index is 14.8. The Labute approximate surface area is 236 Å². The molecule has 0 radical (unpaired) electrons. The third kappa shape index (κ3) is 7.14. The molecule has 0 unspecified atom stereocenters. The molecule has 1 aromatic carbocycles. The molecule has 214 valence electrons. The molecule has 0 spiro atoms. The number of halogens is 1. The quantitative estimate of drug-likeness (QED) is 0.288. The lowest BCUT2D eigenvalue weighted by Crippen LogP contribution is -2.48. The van der Waals surface area contributed by atoms with Gasteiger partial charge in [-0.25, -0.2) is 4.39 Å². The van der Waals surface area contributed by atoms with E-state index in [2.05, 4.69) is 25.3 Å². The van der Waals surface area contributed by atoms with Gasteiger partial charge in [0.05, 0.1) is 18.4 Å². The van der Waals surface area contributed by atoms with E-state index in [0.717, 1.165) is 32.5 Å². The van der Waals surface area contributed by atoms with Crippen molar-refractivity contribution < 1.29 is 27.7 Å². The number of nitrogens with one attached hydrogen (secondary N) is 1. The summed E-state index contributed by atoms with van der Waals surface area (Å²) in [5.41, 5.74) is 0.723. The van der Waals surface area contributed by atoms with Crippen molar-refractivity contribution in [3.63, 3.8) is 0 Å². The van der Waals surface area contributed by atoms with E-state index >= 15 is 0 Å². The second-order valence-corrected chi connectivity index (χ2v) is 9.67. The van der Waals surface area contributed by atoms with Gasteiger partial charge in [-0.15, -0.1) is 0 Å². The molecule has 1 N–H and O–H groups in total. The maximum Gasteiger partial charge on any atom is 0.287 e. The normalized spacial score (nSPS) is 14.8. The van der Waals surface area contributed by atoms with Crippen molar-refractivity contribution >= 4 is 11.8 Å². The zero-order valence-electron chi connectivity index (χ0n) is 22.7. The molecule has 1 fully saturated rings. The van der Waals surface area contributed by atoms with Gasteiger partial charge >= 0.3 is 0 Å². The summed E-state index contributed by atoms with van der Waals surface area (Å²) in [6.45, 7) is 5.66. The van der Waals surface area contributed by atoms with E-state index in [0.29, 0.717) is 31.1 Å². The van der Waals surface area contributed by atoms with E-state index in [4.69, 9.17) is 13.7 Å². The molecule has 3 aromatic heterocycles. The number of hydrogen-bond acceptors (Lipinski definition) is 9. The Kier molecular flexibility index (Phi) is 8.99. The zero-order chi connectivity index (χ0) is 28.6.